The maximum atomic E-state index is 13.1. The summed E-state index contributed by atoms with van der Waals surface area (Å²) in [6.45, 7) is 1.74. The number of aromatic nitrogens is 8. The van der Waals surface area contributed by atoms with Crippen LogP contribution in [0.25, 0.3) is 11.6 Å². The van der Waals surface area contributed by atoms with E-state index in [-0.39, 0.29) is 16.6 Å². The molecule has 1 N–H and O–H groups in total. The van der Waals surface area contributed by atoms with Crippen molar-refractivity contribution in [2.75, 3.05) is 5.32 Å². The summed E-state index contributed by atoms with van der Waals surface area (Å²) in [4.78, 5) is 12.4. The molecule has 0 spiro atoms. The van der Waals surface area contributed by atoms with Crippen molar-refractivity contribution in [3.05, 3.63) is 53.5 Å². The van der Waals surface area contributed by atoms with E-state index in [9.17, 15) is 13.2 Å². The predicted molar refractivity (Wildman–Crippen MR) is 92.0 cm³/mol. The Morgan fingerprint density at radius 2 is 1.89 bits per heavy atom. The molecule has 144 valence electrons. The van der Waals surface area contributed by atoms with E-state index in [0.29, 0.717) is 11.8 Å². The highest BCUT2D eigenvalue weighted by Gasteiger charge is 2.32. The highest BCUT2D eigenvalue weighted by molar-refractivity contribution is 6.33. The van der Waals surface area contributed by atoms with Crippen molar-refractivity contribution in [3.8, 4) is 5.95 Å². The summed E-state index contributed by atoms with van der Waals surface area (Å²) in [5, 5.41) is 14.6. The fourth-order valence-electron chi connectivity index (χ4n) is 2.57. The number of nitrogens with one attached hydrogen (secondary N) is 1. The molecule has 0 fully saturated rings. The molecule has 9 nitrogen and oxygen atoms in total. The molecule has 13 heteroatoms. The van der Waals surface area contributed by atoms with Crippen LogP contribution < -0.4 is 5.32 Å². The Kier molecular flexibility index (Phi) is 4.34. The number of hydrogen-bond acceptors (Lipinski definition) is 7. The molecule has 1 unspecified atom stereocenters. The number of nitrogens with zero attached hydrogens (tertiary/aromatic N) is 8. The van der Waals surface area contributed by atoms with Crippen molar-refractivity contribution in [1.29, 1.82) is 0 Å². The molecule has 4 rings (SSSR count). The minimum Gasteiger partial charge on any atom is -0.344 e. The van der Waals surface area contributed by atoms with Crippen LogP contribution in [-0.4, -0.2) is 39.3 Å². The molecule has 0 aliphatic heterocycles. The number of pyridine rings is 1. The summed E-state index contributed by atoms with van der Waals surface area (Å²) < 4.78 is 41.8. The van der Waals surface area contributed by atoms with E-state index in [1.54, 1.807) is 25.4 Å². The maximum Gasteiger partial charge on any atom is 0.417 e. The first-order chi connectivity index (χ1) is 13.3. The molecule has 0 aliphatic rings. The molecule has 0 bridgehead atoms. The molecule has 28 heavy (non-hydrogen) atoms. The van der Waals surface area contributed by atoms with Gasteiger partial charge in [0.15, 0.2) is 11.5 Å². The molecular weight excluding hydrogens is 399 g/mol. The zero-order valence-corrected chi connectivity index (χ0v) is 14.9. The van der Waals surface area contributed by atoms with E-state index in [4.69, 9.17) is 11.6 Å². The van der Waals surface area contributed by atoms with Gasteiger partial charge in [-0.2, -0.15) is 23.0 Å². The van der Waals surface area contributed by atoms with Gasteiger partial charge in [0, 0.05) is 18.6 Å². The van der Waals surface area contributed by atoms with Gasteiger partial charge in [0.2, 0.25) is 5.95 Å². The van der Waals surface area contributed by atoms with Crippen molar-refractivity contribution < 1.29 is 13.2 Å². The molecular formula is C15H11ClF3N9. The van der Waals surface area contributed by atoms with Crippen LogP contribution in [0.5, 0.6) is 0 Å². The topological polar surface area (TPSA) is 98.7 Å². The molecule has 0 saturated heterocycles. The van der Waals surface area contributed by atoms with Crippen molar-refractivity contribution >= 4 is 23.2 Å². The van der Waals surface area contributed by atoms with Crippen LogP contribution in [0.2, 0.25) is 5.02 Å². The first-order valence-electron chi connectivity index (χ1n) is 7.90. The Labute approximate surface area is 160 Å². The van der Waals surface area contributed by atoms with Crippen LogP contribution >= 0.6 is 11.6 Å². The van der Waals surface area contributed by atoms with Crippen LogP contribution in [0.4, 0.5) is 19.1 Å². The van der Waals surface area contributed by atoms with Gasteiger partial charge in [0.05, 0.1) is 16.6 Å². The second-order valence-corrected chi connectivity index (χ2v) is 6.14. The van der Waals surface area contributed by atoms with Gasteiger partial charge >= 0.3 is 6.18 Å². The molecule has 4 aromatic heterocycles. The quantitative estimate of drug-likeness (QED) is 0.553. The second-order valence-electron chi connectivity index (χ2n) is 5.74. The first kappa shape index (κ1) is 18.1. The van der Waals surface area contributed by atoms with Gasteiger partial charge in [-0.05, 0) is 19.1 Å². The second kappa shape index (κ2) is 6.71. The van der Waals surface area contributed by atoms with Crippen molar-refractivity contribution in [1.82, 2.24) is 39.3 Å². The number of rotatable bonds is 4. The fourth-order valence-corrected chi connectivity index (χ4v) is 2.81. The van der Waals surface area contributed by atoms with Crippen molar-refractivity contribution in [3.63, 3.8) is 0 Å². The minimum absolute atomic E-state index is 0.0685. The van der Waals surface area contributed by atoms with E-state index < -0.39 is 17.8 Å². The largest absolute Gasteiger partial charge is 0.417 e. The van der Waals surface area contributed by atoms with Gasteiger partial charge in [-0.15, -0.1) is 10.2 Å². The Bertz CT molecular complexity index is 1120. The minimum atomic E-state index is -4.56. The standard InChI is InChI=1S/C15H11ClF3N9/c1-8(11-22-7-23-28(11)13-20-3-2-4-21-13)24-14-26-25-12-10(16)5-9(6-27(12)14)15(17,18)19/h2-8H,1H3,(H,24,26). The average molecular weight is 410 g/mol. The molecule has 0 saturated carbocycles. The van der Waals surface area contributed by atoms with Crippen LogP contribution in [0, 0.1) is 0 Å². The average Bonchev–Trinajstić information content (AvgIpc) is 3.29. The number of hydrogen-bond donors (Lipinski definition) is 1. The third-order valence-electron chi connectivity index (χ3n) is 3.84. The van der Waals surface area contributed by atoms with Gasteiger partial charge in [-0.25, -0.2) is 15.0 Å². The first-order valence-corrected chi connectivity index (χ1v) is 8.27. The molecule has 0 amide bonds. The highest BCUT2D eigenvalue weighted by atomic mass is 35.5. The van der Waals surface area contributed by atoms with E-state index in [2.05, 4.69) is 35.6 Å². The summed E-state index contributed by atoms with van der Waals surface area (Å²) in [6, 6.07) is 1.96. The highest BCUT2D eigenvalue weighted by Crippen LogP contribution is 2.33. The van der Waals surface area contributed by atoms with Gasteiger partial charge in [0.1, 0.15) is 6.33 Å². The van der Waals surface area contributed by atoms with E-state index in [1.165, 1.54) is 11.0 Å². The summed E-state index contributed by atoms with van der Waals surface area (Å²) in [7, 11) is 0. The fraction of sp³-hybridized carbons (Fsp3) is 0.200. The lowest BCUT2D eigenvalue weighted by Gasteiger charge is -2.14. The van der Waals surface area contributed by atoms with Crippen LogP contribution in [0.15, 0.2) is 37.1 Å². The molecule has 0 aromatic carbocycles. The zero-order chi connectivity index (χ0) is 19.9. The maximum absolute atomic E-state index is 13.1. The predicted octanol–water partition coefficient (Wildman–Crippen LogP) is 2.95. The summed E-state index contributed by atoms with van der Waals surface area (Å²) >= 11 is 5.93. The van der Waals surface area contributed by atoms with Gasteiger partial charge in [-0.3, -0.25) is 4.40 Å². The molecule has 1 atom stereocenters. The van der Waals surface area contributed by atoms with Crippen LogP contribution in [0.3, 0.4) is 0 Å². The Morgan fingerprint density at radius 1 is 1.14 bits per heavy atom. The monoisotopic (exact) mass is 409 g/mol. The normalized spacial score (nSPS) is 13.0. The van der Waals surface area contributed by atoms with Crippen LogP contribution in [0.1, 0.15) is 24.4 Å². The number of alkyl halides is 3. The Balaban J connectivity index is 1.70. The molecule has 0 aliphatic carbocycles. The van der Waals surface area contributed by atoms with E-state index >= 15 is 0 Å². The van der Waals surface area contributed by atoms with Gasteiger partial charge < -0.3 is 5.32 Å². The number of halogens is 4. The third kappa shape index (κ3) is 3.22. The molecule has 4 heterocycles. The molecule has 0 radical (unpaired) electrons. The van der Waals surface area contributed by atoms with E-state index in [0.717, 1.165) is 16.7 Å². The lowest BCUT2D eigenvalue weighted by molar-refractivity contribution is -0.137. The van der Waals surface area contributed by atoms with Crippen molar-refractivity contribution in [2.24, 2.45) is 0 Å². The zero-order valence-electron chi connectivity index (χ0n) is 14.1. The molecule has 4 aromatic rings. The lowest BCUT2D eigenvalue weighted by Crippen LogP contribution is -2.17. The summed E-state index contributed by atoms with van der Waals surface area (Å²) in [6.07, 6.45) is 0.749. The van der Waals surface area contributed by atoms with Crippen molar-refractivity contribution in [2.45, 2.75) is 19.1 Å². The SMILES string of the molecule is CC(Nc1nnc2c(Cl)cc(C(F)(F)F)cn12)c1ncnn1-c1ncccn1. The Hall–Kier alpha value is -3.28. The van der Waals surface area contributed by atoms with Crippen LogP contribution in [-0.2, 0) is 6.18 Å². The van der Waals surface area contributed by atoms with Gasteiger partial charge in [-0.1, -0.05) is 11.6 Å². The van der Waals surface area contributed by atoms with Gasteiger partial charge in [0.25, 0.3) is 5.95 Å². The lowest BCUT2D eigenvalue weighted by atomic mass is 10.3. The summed E-state index contributed by atoms with van der Waals surface area (Å²) in [5.41, 5.74) is -0.821. The summed E-state index contributed by atoms with van der Waals surface area (Å²) in [5.74, 6) is 0.803. The third-order valence-corrected chi connectivity index (χ3v) is 4.11. The Morgan fingerprint density at radius 3 is 2.61 bits per heavy atom. The van der Waals surface area contributed by atoms with E-state index in [1.807, 2.05) is 0 Å². The number of anilines is 1. The smallest absolute Gasteiger partial charge is 0.344 e. The number of fused-ring (bicyclic) bond motifs is 1.